The Labute approximate surface area is 122 Å². The lowest BCUT2D eigenvalue weighted by atomic mass is 10.4. The lowest BCUT2D eigenvalue weighted by Crippen LogP contribution is -2.41. The fourth-order valence-electron chi connectivity index (χ4n) is 1.77. The number of nitrogens with one attached hydrogen (secondary N) is 1. The molecule has 0 aliphatic carbocycles. The molecule has 0 radical (unpaired) electrons. The largest absolute Gasteiger partial charge is 0.383 e. The summed E-state index contributed by atoms with van der Waals surface area (Å²) in [6.45, 7) is 3.00. The minimum atomic E-state index is -0.401. The van der Waals surface area contributed by atoms with Crippen LogP contribution in [0.4, 0.5) is 11.5 Å². The smallest absolute Gasteiger partial charge is 0.332 e. The molecule has 20 heavy (non-hydrogen) atoms. The van der Waals surface area contributed by atoms with Crippen molar-refractivity contribution in [3.05, 3.63) is 20.8 Å². The molecule has 1 aromatic rings. The Kier molecular flexibility index (Phi) is 6.25. The van der Waals surface area contributed by atoms with Gasteiger partial charge in [-0.15, -0.1) is 18.2 Å². The lowest BCUT2D eigenvalue weighted by molar-refractivity contribution is 0.600. The van der Waals surface area contributed by atoms with Crippen LogP contribution in [0.2, 0.25) is 0 Å². The van der Waals surface area contributed by atoms with Crippen LogP contribution in [0.25, 0.3) is 0 Å². The summed E-state index contributed by atoms with van der Waals surface area (Å²) >= 11 is 1.59. The zero-order valence-electron chi connectivity index (χ0n) is 11.8. The second-order valence-electron chi connectivity index (χ2n) is 4.24. The summed E-state index contributed by atoms with van der Waals surface area (Å²) in [5.41, 5.74) is 5.42. The standard InChI is InChI=1S/C13H20N4O2S/c1-4-7-17-11(14)10(12(18)16(3)13(17)19)15-6-9-20-8-5-2/h2,15H,4,6-9,14H2,1,3H3. The Morgan fingerprint density at radius 2 is 2.15 bits per heavy atom. The van der Waals surface area contributed by atoms with Gasteiger partial charge in [-0.3, -0.25) is 13.9 Å². The van der Waals surface area contributed by atoms with Crippen LogP contribution >= 0.6 is 11.8 Å². The summed E-state index contributed by atoms with van der Waals surface area (Å²) in [5, 5.41) is 3.00. The summed E-state index contributed by atoms with van der Waals surface area (Å²) in [7, 11) is 1.45. The van der Waals surface area contributed by atoms with Gasteiger partial charge in [0.25, 0.3) is 5.56 Å². The van der Waals surface area contributed by atoms with E-state index in [1.165, 1.54) is 11.6 Å². The molecule has 0 spiro atoms. The van der Waals surface area contributed by atoms with Gasteiger partial charge in [0.1, 0.15) is 11.5 Å². The van der Waals surface area contributed by atoms with E-state index in [4.69, 9.17) is 12.2 Å². The van der Waals surface area contributed by atoms with Crippen LogP contribution in [0.1, 0.15) is 13.3 Å². The molecule has 0 aliphatic rings. The summed E-state index contributed by atoms with van der Waals surface area (Å²) in [4.78, 5) is 24.0. The number of hydrogen-bond acceptors (Lipinski definition) is 5. The van der Waals surface area contributed by atoms with Gasteiger partial charge < -0.3 is 11.1 Å². The predicted octanol–water partition coefficient (Wildman–Crippen LogP) is 0.318. The zero-order valence-corrected chi connectivity index (χ0v) is 12.6. The summed E-state index contributed by atoms with van der Waals surface area (Å²) in [6, 6.07) is 0. The molecule has 0 fully saturated rings. The Morgan fingerprint density at radius 1 is 1.45 bits per heavy atom. The van der Waals surface area contributed by atoms with Crippen molar-refractivity contribution in [3.63, 3.8) is 0 Å². The van der Waals surface area contributed by atoms with Gasteiger partial charge in [0.15, 0.2) is 0 Å². The van der Waals surface area contributed by atoms with E-state index in [1.807, 2.05) is 6.92 Å². The number of terminal acetylenes is 1. The number of anilines is 2. The van der Waals surface area contributed by atoms with Crippen molar-refractivity contribution in [3.8, 4) is 12.3 Å². The van der Waals surface area contributed by atoms with Crippen LogP contribution in [-0.2, 0) is 13.6 Å². The third kappa shape index (κ3) is 3.61. The maximum Gasteiger partial charge on any atom is 0.332 e. The molecule has 3 N–H and O–H groups in total. The number of nitrogens with two attached hydrogens (primary N) is 1. The number of nitrogen functional groups attached to an aromatic ring is 1. The highest BCUT2D eigenvalue weighted by Crippen LogP contribution is 2.11. The number of rotatable bonds is 7. The van der Waals surface area contributed by atoms with Crippen LogP contribution in [0, 0.1) is 12.3 Å². The molecule has 1 rings (SSSR count). The second-order valence-corrected chi connectivity index (χ2v) is 5.35. The molecule has 0 atom stereocenters. The van der Waals surface area contributed by atoms with E-state index < -0.39 is 5.56 Å². The van der Waals surface area contributed by atoms with E-state index in [-0.39, 0.29) is 17.2 Å². The van der Waals surface area contributed by atoms with Crippen molar-refractivity contribution in [1.82, 2.24) is 9.13 Å². The average Bonchev–Trinajstić information content (AvgIpc) is 2.44. The first-order chi connectivity index (χ1) is 9.54. The second kappa shape index (κ2) is 7.70. The van der Waals surface area contributed by atoms with E-state index in [2.05, 4.69) is 11.2 Å². The molecule has 6 nitrogen and oxygen atoms in total. The molecule has 0 aromatic carbocycles. The fourth-order valence-corrected chi connectivity index (χ4v) is 2.28. The first kappa shape index (κ1) is 16.2. The van der Waals surface area contributed by atoms with Gasteiger partial charge in [0, 0.05) is 25.9 Å². The van der Waals surface area contributed by atoms with Gasteiger partial charge in [-0.2, -0.15) is 0 Å². The Morgan fingerprint density at radius 3 is 2.75 bits per heavy atom. The predicted molar refractivity (Wildman–Crippen MR) is 85.3 cm³/mol. The van der Waals surface area contributed by atoms with Crippen LogP contribution in [0.3, 0.4) is 0 Å². The van der Waals surface area contributed by atoms with Crippen molar-refractivity contribution < 1.29 is 0 Å². The summed E-state index contributed by atoms with van der Waals surface area (Å²) in [6.07, 6.45) is 5.92. The maximum absolute atomic E-state index is 12.1. The van der Waals surface area contributed by atoms with E-state index in [1.54, 1.807) is 11.8 Å². The van der Waals surface area contributed by atoms with E-state index >= 15 is 0 Å². The molecule has 0 unspecified atom stereocenters. The number of thioether (sulfide) groups is 1. The maximum atomic E-state index is 12.1. The van der Waals surface area contributed by atoms with Crippen LogP contribution < -0.4 is 22.3 Å². The normalized spacial score (nSPS) is 10.2. The van der Waals surface area contributed by atoms with Crippen LogP contribution in [-0.4, -0.2) is 27.2 Å². The Hall–Kier alpha value is -1.81. The zero-order chi connectivity index (χ0) is 15.1. The minimum absolute atomic E-state index is 0.196. The third-order valence-corrected chi connectivity index (χ3v) is 3.63. The highest BCUT2D eigenvalue weighted by atomic mass is 32.2. The number of nitrogens with zero attached hydrogens (tertiary/aromatic N) is 2. The highest BCUT2D eigenvalue weighted by molar-refractivity contribution is 7.99. The fraction of sp³-hybridized carbons (Fsp3) is 0.538. The van der Waals surface area contributed by atoms with Crippen molar-refractivity contribution in [2.45, 2.75) is 19.9 Å². The van der Waals surface area contributed by atoms with Gasteiger partial charge >= 0.3 is 5.69 Å². The van der Waals surface area contributed by atoms with E-state index in [0.717, 1.165) is 16.7 Å². The molecule has 0 saturated heterocycles. The molecule has 0 aliphatic heterocycles. The van der Waals surface area contributed by atoms with Crippen molar-refractivity contribution in [1.29, 1.82) is 0 Å². The first-order valence-corrected chi connectivity index (χ1v) is 7.54. The summed E-state index contributed by atoms with van der Waals surface area (Å²) in [5.74, 6) is 4.12. The third-order valence-electron chi connectivity index (χ3n) is 2.76. The van der Waals surface area contributed by atoms with Crippen LogP contribution in [0.5, 0.6) is 0 Å². The molecule has 0 saturated carbocycles. The molecular formula is C13H20N4O2S. The monoisotopic (exact) mass is 296 g/mol. The minimum Gasteiger partial charge on any atom is -0.383 e. The topological polar surface area (TPSA) is 82.0 Å². The Balaban J connectivity index is 2.99. The highest BCUT2D eigenvalue weighted by Gasteiger charge is 2.14. The van der Waals surface area contributed by atoms with Gasteiger partial charge in [-0.1, -0.05) is 12.8 Å². The number of aromatic nitrogens is 2. The summed E-state index contributed by atoms with van der Waals surface area (Å²) < 4.78 is 2.49. The first-order valence-electron chi connectivity index (χ1n) is 6.39. The molecule has 1 heterocycles. The van der Waals surface area contributed by atoms with Crippen molar-refractivity contribution in [2.75, 3.05) is 29.1 Å². The van der Waals surface area contributed by atoms with Gasteiger partial charge in [-0.25, -0.2) is 4.79 Å². The quantitative estimate of drug-likeness (QED) is 0.559. The van der Waals surface area contributed by atoms with Crippen LogP contribution in [0.15, 0.2) is 9.59 Å². The molecule has 7 heteroatoms. The van der Waals surface area contributed by atoms with Gasteiger partial charge in [-0.05, 0) is 6.42 Å². The molecule has 110 valence electrons. The lowest BCUT2D eigenvalue weighted by Gasteiger charge is -2.15. The van der Waals surface area contributed by atoms with Gasteiger partial charge in [0.05, 0.1) is 5.75 Å². The SMILES string of the molecule is C#CCSCCNc1c(N)n(CCC)c(=O)n(C)c1=O. The van der Waals surface area contributed by atoms with Crippen molar-refractivity contribution in [2.24, 2.45) is 7.05 Å². The molecular weight excluding hydrogens is 276 g/mol. The van der Waals surface area contributed by atoms with Gasteiger partial charge in [0.2, 0.25) is 0 Å². The molecule has 0 bridgehead atoms. The Bertz CT molecular complexity index is 613. The molecule has 0 amide bonds. The van der Waals surface area contributed by atoms with E-state index in [9.17, 15) is 9.59 Å². The molecule has 1 aromatic heterocycles. The van der Waals surface area contributed by atoms with E-state index in [0.29, 0.717) is 18.8 Å². The van der Waals surface area contributed by atoms with Crippen molar-refractivity contribution >= 4 is 23.3 Å². The number of hydrogen-bond donors (Lipinski definition) is 2. The average molecular weight is 296 g/mol.